The third kappa shape index (κ3) is 3.08. The molecule has 1 heterocycles. The minimum atomic E-state index is -3.72. The molecule has 1 aliphatic rings. The van der Waals surface area contributed by atoms with Gasteiger partial charge in [-0.25, -0.2) is 13.6 Å². The molecule has 1 saturated carbocycles. The summed E-state index contributed by atoms with van der Waals surface area (Å²) >= 11 is 0. The average molecular weight is 258 g/mol. The third-order valence-corrected chi connectivity index (χ3v) is 4.10. The number of nitrogens with two attached hydrogens (primary N) is 1. The Morgan fingerprint density at radius 3 is 2.76 bits per heavy atom. The predicted octanol–water partition coefficient (Wildman–Crippen LogP) is 1.21. The number of furan rings is 1. The highest BCUT2D eigenvalue weighted by molar-refractivity contribution is 7.89. The lowest BCUT2D eigenvalue weighted by Crippen LogP contribution is -2.30. The first-order chi connectivity index (χ1) is 7.97. The molecule has 1 aromatic rings. The molecule has 2 atom stereocenters. The van der Waals surface area contributed by atoms with Crippen LogP contribution in [0.3, 0.4) is 0 Å². The number of nitrogens with one attached hydrogen (secondary N) is 1. The normalized spacial score (nSPS) is 25.3. The summed E-state index contributed by atoms with van der Waals surface area (Å²) in [4.78, 5) is 0. The van der Waals surface area contributed by atoms with E-state index in [-0.39, 0.29) is 5.09 Å². The lowest BCUT2D eigenvalue weighted by atomic mass is 10.1. The van der Waals surface area contributed by atoms with Gasteiger partial charge in [-0.3, -0.25) is 0 Å². The van der Waals surface area contributed by atoms with Gasteiger partial charge < -0.3 is 9.73 Å². The van der Waals surface area contributed by atoms with Gasteiger partial charge in [-0.2, -0.15) is 0 Å². The van der Waals surface area contributed by atoms with E-state index in [1.807, 2.05) is 0 Å². The van der Waals surface area contributed by atoms with Gasteiger partial charge in [-0.1, -0.05) is 13.3 Å². The lowest BCUT2D eigenvalue weighted by Gasteiger charge is -2.16. The van der Waals surface area contributed by atoms with Gasteiger partial charge in [0.25, 0.3) is 10.0 Å². The summed E-state index contributed by atoms with van der Waals surface area (Å²) in [7, 11) is -3.72. The predicted molar refractivity (Wildman–Crippen MR) is 63.7 cm³/mol. The maximum absolute atomic E-state index is 11.0. The van der Waals surface area contributed by atoms with Gasteiger partial charge >= 0.3 is 0 Å². The van der Waals surface area contributed by atoms with Gasteiger partial charge in [0.1, 0.15) is 5.76 Å². The Labute approximate surface area is 101 Å². The van der Waals surface area contributed by atoms with Crippen molar-refractivity contribution in [2.75, 3.05) is 0 Å². The molecule has 0 aliphatic heterocycles. The maximum Gasteiger partial charge on any atom is 0.271 e. The second-order valence-electron chi connectivity index (χ2n) is 4.66. The fourth-order valence-electron chi connectivity index (χ4n) is 2.29. The van der Waals surface area contributed by atoms with Crippen LogP contribution in [0.4, 0.5) is 0 Å². The van der Waals surface area contributed by atoms with Crippen molar-refractivity contribution in [3.8, 4) is 0 Å². The van der Waals surface area contributed by atoms with E-state index in [4.69, 9.17) is 9.56 Å². The van der Waals surface area contributed by atoms with Gasteiger partial charge in [0, 0.05) is 6.04 Å². The highest BCUT2D eigenvalue weighted by Gasteiger charge is 2.23. The number of hydrogen-bond acceptors (Lipinski definition) is 4. The van der Waals surface area contributed by atoms with E-state index in [9.17, 15) is 8.42 Å². The Morgan fingerprint density at radius 2 is 2.24 bits per heavy atom. The highest BCUT2D eigenvalue weighted by atomic mass is 32.2. The Balaban J connectivity index is 1.94. The van der Waals surface area contributed by atoms with Crippen LogP contribution in [0.25, 0.3) is 0 Å². The van der Waals surface area contributed by atoms with Crippen LogP contribution in [0.1, 0.15) is 31.9 Å². The Hall–Kier alpha value is -0.850. The van der Waals surface area contributed by atoms with Gasteiger partial charge in [0.15, 0.2) is 0 Å². The van der Waals surface area contributed by atoms with E-state index in [0.29, 0.717) is 24.3 Å². The first-order valence-electron chi connectivity index (χ1n) is 5.82. The first kappa shape index (κ1) is 12.6. The molecule has 0 spiro atoms. The van der Waals surface area contributed by atoms with E-state index in [0.717, 1.165) is 0 Å². The largest absolute Gasteiger partial charge is 0.447 e. The van der Waals surface area contributed by atoms with Crippen molar-refractivity contribution in [1.29, 1.82) is 0 Å². The molecular formula is C11H18N2O3S. The van der Waals surface area contributed by atoms with Crippen LogP contribution >= 0.6 is 0 Å². The Morgan fingerprint density at radius 1 is 1.47 bits per heavy atom. The fraction of sp³-hybridized carbons (Fsp3) is 0.636. The summed E-state index contributed by atoms with van der Waals surface area (Å²) in [5.74, 6) is 1.27. The molecule has 2 rings (SSSR count). The SMILES string of the molecule is CC1CCCC1NCc1ccc(S(N)(=O)=O)o1. The smallest absolute Gasteiger partial charge is 0.271 e. The molecule has 1 fully saturated rings. The van der Waals surface area contributed by atoms with Crippen LogP contribution in [-0.4, -0.2) is 14.5 Å². The topological polar surface area (TPSA) is 85.3 Å². The number of rotatable bonds is 4. The van der Waals surface area contributed by atoms with Gasteiger partial charge in [-0.05, 0) is 30.9 Å². The molecule has 0 bridgehead atoms. The summed E-state index contributed by atoms with van der Waals surface area (Å²) in [5, 5.41) is 8.18. The summed E-state index contributed by atoms with van der Waals surface area (Å²) in [5.41, 5.74) is 0. The van der Waals surface area contributed by atoms with E-state index >= 15 is 0 Å². The summed E-state index contributed by atoms with van der Waals surface area (Å²) in [6, 6.07) is 3.54. The molecule has 17 heavy (non-hydrogen) atoms. The third-order valence-electron chi connectivity index (χ3n) is 3.32. The molecule has 1 aromatic heterocycles. The average Bonchev–Trinajstić information content (AvgIpc) is 2.82. The van der Waals surface area contributed by atoms with Crippen molar-refractivity contribution in [1.82, 2.24) is 5.32 Å². The molecule has 0 radical (unpaired) electrons. The molecule has 1 aliphatic carbocycles. The van der Waals surface area contributed by atoms with E-state index in [1.165, 1.54) is 25.3 Å². The summed E-state index contributed by atoms with van der Waals surface area (Å²) in [6.45, 7) is 2.77. The van der Waals surface area contributed by atoms with Crippen LogP contribution in [0.15, 0.2) is 21.6 Å². The van der Waals surface area contributed by atoms with Crippen LogP contribution in [-0.2, 0) is 16.6 Å². The summed E-state index contributed by atoms with van der Waals surface area (Å²) in [6.07, 6.45) is 3.67. The van der Waals surface area contributed by atoms with Crippen molar-refractivity contribution in [3.05, 3.63) is 17.9 Å². The molecule has 0 amide bonds. The zero-order valence-electron chi connectivity index (χ0n) is 9.85. The van der Waals surface area contributed by atoms with Gasteiger partial charge in [0.05, 0.1) is 6.54 Å². The minimum Gasteiger partial charge on any atom is -0.447 e. The van der Waals surface area contributed by atoms with Crippen molar-refractivity contribution in [2.24, 2.45) is 11.1 Å². The van der Waals surface area contributed by atoms with Crippen molar-refractivity contribution in [3.63, 3.8) is 0 Å². The Bertz CT molecular complexity index is 481. The highest BCUT2D eigenvalue weighted by Crippen LogP contribution is 2.25. The molecular weight excluding hydrogens is 240 g/mol. The quantitative estimate of drug-likeness (QED) is 0.850. The van der Waals surface area contributed by atoms with Crippen LogP contribution in [0.2, 0.25) is 0 Å². The van der Waals surface area contributed by atoms with Crippen molar-refractivity contribution >= 4 is 10.0 Å². The number of sulfonamides is 1. The maximum atomic E-state index is 11.0. The van der Waals surface area contributed by atoms with Crippen LogP contribution < -0.4 is 10.5 Å². The van der Waals surface area contributed by atoms with Gasteiger partial charge in [-0.15, -0.1) is 0 Å². The molecule has 2 unspecified atom stereocenters. The van der Waals surface area contributed by atoms with Crippen LogP contribution in [0.5, 0.6) is 0 Å². The zero-order chi connectivity index (χ0) is 12.5. The molecule has 0 aromatic carbocycles. The standard InChI is InChI=1S/C11H18N2O3S/c1-8-3-2-4-10(8)13-7-9-5-6-11(16-9)17(12,14)15/h5-6,8,10,13H,2-4,7H2,1H3,(H2,12,14,15). The molecule has 0 saturated heterocycles. The number of hydrogen-bond donors (Lipinski definition) is 2. The van der Waals surface area contributed by atoms with E-state index in [2.05, 4.69) is 12.2 Å². The second kappa shape index (κ2) is 4.80. The van der Waals surface area contributed by atoms with Crippen molar-refractivity contribution < 1.29 is 12.8 Å². The number of primary sulfonamides is 1. The van der Waals surface area contributed by atoms with E-state index in [1.54, 1.807) is 6.07 Å². The van der Waals surface area contributed by atoms with E-state index < -0.39 is 10.0 Å². The molecule has 6 heteroatoms. The van der Waals surface area contributed by atoms with Gasteiger partial charge in [0.2, 0.25) is 5.09 Å². The molecule has 96 valence electrons. The monoisotopic (exact) mass is 258 g/mol. The van der Waals surface area contributed by atoms with Crippen molar-refractivity contribution in [2.45, 2.75) is 43.9 Å². The minimum absolute atomic E-state index is 0.172. The molecule has 5 nitrogen and oxygen atoms in total. The van der Waals surface area contributed by atoms with Crippen LogP contribution in [0, 0.1) is 5.92 Å². The summed E-state index contributed by atoms with van der Waals surface area (Å²) < 4.78 is 27.2. The lowest BCUT2D eigenvalue weighted by molar-refractivity contribution is 0.367. The first-order valence-corrected chi connectivity index (χ1v) is 7.36. The Kier molecular flexibility index (Phi) is 3.56. The zero-order valence-corrected chi connectivity index (χ0v) is 10.7. The second-order valence-corrected chi connectivity index (χ2v) is 6.15. The molecule has 3 N–H and O–H groups in total. The fourth-order valence-corrected chi connectivity index (χ4v) is 2.77.